The fourth-order valence-corrected chi connectivity index (χ4v) is 1.37. The van der Waals surface area contributed by atoms with E-state index in [2.05, 4.69) is 11.0 Å². The van der Waals surface area contributed by atoms with Gasteiger partial charge in [-0.25, -0.2) is 0 Å². The van der Waals surface area contributed by atoms with Crippen molar-refractivity contribution in [1.29, 1.82) is 5.26 Å². The van der Waals surface area contributed by atoms with Gasteiger partial charge in [0.1, 0.15) is 0 Å². The fourth-order valence-electron chi connectivity index (χ4n) is 1.37. The van der Waals surface area contributed by atoms with Crippen LogP contribution in [0.15, 0.2) is 24.3 Å². The first-order valence-corrected chi connectivity index (χ1v) is 5.46. The van der Waals surface area contributed by atoms with Crippen LogP contribution in [-0.4, -0.2) is 26.3 Å². The van der Waals surface area contributed by atoms with Crippen LogP contribution in [0.5, 0.6) is 0 Å². The lowest BCUT2D eigenvalue weighted by molar-refractivity contribution is 0.0846. The molecular weight excluding hydrogens is 200 g/mol. The molecule has 0 radical (unpaired) electrons. The smallest absolute Gasteiger partial charge is 0.0992 e. The minimum absolute atomic E-state index is 0.263. The topological polar surface area (TPSA) is 36.3 Å². The minimum Gasteiger partial charge on any atom is -0.377 e. The Balaban J connectivity index is 2.52. The van der Waals surface area contributed by atoms with Crippen molar-refractivity contribution in [2.45, 2.75) is 20.0 Å². The Morgan fingerprint density at radius 2 is 2.19 bits per heavy atom. The van der Waals surface area contributed by atoms with Crippen molar-refractivity contribution in [3.63, 3.8) is 0 Å². The average molecular weight is 218 g/mol. The standard InChI is InChI=1S/C13H18N2O/c1-11(2)16-8-7-15(3)13-6-4-5-12(9-13)10-14/h4-6,9,11H,7-8H2,1-3H3. The monoisotopic (exact) mass is 218 g/mol. The molecule has 0 atom stereocenters. The molecule has 0 amide bonds. The zero-order valence-corrected chi connectivity index (χ0v) is 10.1. The van der Waals surface area contributed by atoms with Gasteiger partial charge in [0, 0.05) is 19.3 Å². The second-order valence-electron chi connectivity index (χ2n) is 4.00. The Hall–Kier alpha value is -1.53. The maximum Gasteiger partial charge on any atom is 0.0992 e. The second kappa shape index (κ2) is 6.14. The lowest BCUT2D eigenvalue weighted by Gasteiger charge is -2.20. The first kappa shape index (κ1) is 12.5. The number of nitriles is 1. The summed E-state index contributed by atoms with van der Waals surface area (Å²) in [6.45, 7) is 5.57. The maximum absolute atomic E-state index is 8.80. The summed E-state index contributed by atoms with van der Waals surface area (Å²) >= 11 is 0. The molecule has 0 saturated heterocycles. The molecule has 3 heteroatoms. The molecule has 0 heterocycles. The molecule has 0 aliphatic carbocycles. The minimum atomic E-state index is 0.263. The van der Waals surface area contributed by atoms with Gasteiger partial charge in [0.2, 0.25) is 0 Å². The first-order chi connectivity index (χ1) is 7.63. The Morgan fingerprint density at radius 3 is 2.81 bits per heavy atom. The highest BCUT2D eigenvalue weighted by Gasteiger charge is 2.02. The summed E-state index contributed by atoms with van der Waals surface area (Å²) in [6, 6.07) is 9.72. The molecule has 1 rings (SSSR count). The van der Waals surface area contributed by atoms with E-state index in [4.69, 9.17) is 10.00 Å². The van der Waals surface area contributed by atoms with Crippen molar-refractivity contribution in [2.24, 2.45) is 0 Å². The molecule has 16 heavy (non-hydrogen) atoms. The molecule has 86 valence electrons. The van der Waals surface area contributed by atoms with Crippen LogP contribution in [0.3, 0.4) is 0 Å². The van der Waals surface area contributed by atoms with Crippen molar-refractivity contribution in [2.75, 3.05) is 25.1 Å². The van der Waals surface area contributed by atoms with Gasteiger partial charge >= 0.3 is 0 Å². The van der Waals surface area contributed by atoms with Gasteiger partial charge < -0.3 is 9.64 Å². The molecular formula is C13H18N2O. The molecule has 0 aliphatic rings. The molecule has 0 N–H and O–H groups in total. The van der Waals surface area contributed by atoms with E-state index in [-0.39, 0.29) is 6.10 Å². The molecule has 0 fully saturated rings. The largest absolute Gasteiger partial charge is 0.377 e. The van der Waals surface area contributed by atoms with E-state index >= 15 is 0 Å². The van der Waals surface area contributed by atoms with Crippen molar-refractivity contribution in [1.82, 2.24) is 0 Å². The van der Waals surface area contributed by atoms with Gasteiger partial charge in [-0.05, 0) is 32.0 Å². The number of hydrogen-bond donors (Lipinski definition) is 0. The summed E-state index contributed by atoms with van der Waals surface area (Å²) in [6.07, 6.45) is 0.263. The summed E-state index contributed by atoms with van der Waals surface area (Å²) in [5, 5.41) is 8.80. The summed E-state index contributed by atoms with van der Waals surface area (Å²) < 4.78 is 5.48. The van der Waals surface area contributed by atoms with Gasteiger partial charge in [-0.1, -0.05) is 6.07 Å². The number of benzene rings is 1. The number of hydrogen-bond acceptors (Lipinski definition) is 3. The van der Waals surface area contributed by atoms with Crippen molar-refractivity contribution < 1.29 is 4.74 Å². The van der Waals surface area contributed by atoms with Crippen LogP contribution in [0.25, 0.3) is 0 Å². The van der Waals surface area contributed by atoms with Gasteiger partial charge in [0.25, 0.3) is 0 Å². The highest BCUT2D eigenvalue weighted by molar-refractivity contribution is 5.50. The van der Waals surface area contributed by atoms with Crippen molar-refractivity contribution >= 4 is 5.69 Å². The van der Waals surface area contributed by atoms with E-state index in [1.807, 2.05) is 45.2 Å². The molecule has 0 aliphatic heterocycles. The third-order valence-electron chi connectivity index (χ3n) is 2.29. The zero-order chi connectivity index (χ0) is 12.0. The lowest BCUT2D eigenvalue weighted by Crippen LogP contribution is -2.23. The summed E-state index contributed by atoms with van der Waals surface area (Å²) in [7, 11) is 2.00. The molecule has 1 aromatic rings. The van der Waals surface area contributed by atoms with E-state index in [1.165, 1.54) is 0 Å². The van der Waals surface area contributed by atoms with E-state index in [9.17, 15) is 0 Å². The van der Waals surface area contributed by atoms with Crippen LogP contribution in [-0.2, 0) is 4.74 Å². The highest BCUT2D eigenvalue weighted by atomic mass is 16.5. The predicted octanol–water partition coefficient (Wildman–Crippen LogP) is 2.42. The van der Waals surface area contributed by atoms with Gasteiger partial charge in [-0.2, -0.15) is 5.26 Å². The van der Waals surface area contributed by atoms with Crippen molar-refractivity contribution in [3.8, 4) is 6.07 Å². The number of nitrogens with zero attached hydrogens (tertiary/aromatic N) is 2. The van der Waals surface area contributed by atoms with Gasteiger partial charge in [0.05, 0.1) is 24.3 Å². The number of ether oxygens (including phenoxy) is 1. The van der Waals surface area contributed by atoms with E-state index < -0.39 is 0 Å². The third-order valence-corrected chi connectivity index (χ3v) is 2.29. The molecule has 0 saturated carbocycles. The van der Waals surface area contributed by atoms with E-state index in [0.29, 0.717) is 12.2 Å². The summed E-state index contributed by atoms with van der Waals surface area (Å²) in [4.78, 5) is 2.09. The zero-order valence-electron chi connectivity index (χ0n) is 10.1. The number of rotatable bonds is 5. The maximum atomic E-state index is 8.80. The fraction of sp³-hybridized carbons (Fsp3) is 0.462. The molecule has 3 nitrogen and oxygen atoms in total. The lowest BCUT2D eigenvalue weighted by atomic mass is 10.2. The normalized spacial score (nSPS) is 10.2. The quantitative estimate of drug-likeness (QED) is 0.761. The van der Waals surface area contributed by atoms with Gasteiger partial charge in [0.15, 0.2) is 0 Å². The van der Waals surface area contributed by atoms with Crippen LogP contribution in [0.2, 0.25) is 0 Å². The molecule has 0 aromatic heterocycles. The van der Waals surface area contributed by atoms with Gasteiger partial charge in [-0.15, -0.1) is 0 Å². The Morgan fingerprint density at radius 1 is 1.44 bits per heavy atom. The molecule has 1 aromatic carbocycles. The Labute approximate surface area is 97.3 Å². The van der Waals surface area contributed by atoms with E-state index in [0.717, 1.165) is 12.2 Å². The van der Waals surface area contributed by atoms with Crippen LogP contribution in [0, 0.1) is 11.3 Å². The Kier molecular flexibility index (Phi) is 4.81. The van der Waals surface area contributed by atoms with Crippen LogP contribution in [0.1, 0.15) is 19.4 Å². The van der Waals surface area contributed by atoms with Crippen molar-refractivity contribution in [3.05, 3.63) is 29.8 Å². The SMILES string of the molecule is CC(C)OCCN(C)c1cccc(C#N)c1. The Bertz CT molecular complexity index is 368. The molecule has 0 bridgehead atoms. The number of anilines is 1. The molecule has 0 spiro atoms. The highest BCUT2D eigenvalue weighted by Crippen LogP contribution is 2.13. The second-order valence-corrected chi connectivity index (χ2v) is 4.00. The van der Waals surface area contributed by atoms with Gasteiger partial charge in [-0.3, -0.25) is 0 Å². The summed E-state index contributed by atoms with van der Waals surface area (Å²) in [5.41, 5.74) is 1.74. The first-order valence-electron chi connectivity index (χ1n) is 5.46. The van der Waals surface area contributed by atoms with Crippen LogP contribution in [0.4, 0.5) is 5.69 Å². The predicted molar refractivity (Wildman–Crippen MR) is 65.5 cm³/mol. The molecule has 0 unspecified atom stereocenters. The average Bonchev–Trinajstić information content (AvgIpc) is 2.28. The number of likely N-dealkylation sites (N-methyl/N-ethyl adjacent to an activating group) is 1. The third kappa shape index (κ3) is 3.92. The van der Waals surface area contributed by atoms with Crippen LogP contribution >= 0.6 is 0 Å². The van der Waals surface area contributed by atoms with Crippen LogP contribution < -0.4 is 4.90 Å². The summed E-state index contributed by atoms with van der Waals surface area (Å²) in [5.74, 6) is 0. The van der Waals surface area contributed by atoms with E-state index in [1.54, 1.807) is 0 Å².